The summed E-state index contributed by atoms with van der Waals surface area (Å²) in [5.74, 6) is 0.441. The van der Waals surface area contributed by atoms with Crippen LogP contribution in [0.15, 0.2) is 18.2 Å². The van der Waals surface area contributed by atoms with Crippen molar-refractivity contribution in [3.05, 3.63) is 29.3 Å². The molecule has 5 nitrogen and oxygen atoms in total. The van der Waals surface area contributed by atoms with Gasteiger partial charge in [0.15, 0.2) is 0 Å². The number of nitrogens with two attached hydrogens (primary N) is 2. The quantitative estimate of drug-likeness (QED) is 0.600. The summed E-state index contributed by atoms with van der Waals surface area (Å²) in [7, 11) is 0. The molecule has 0 radical (unpaired) electrons. The molecule has 1 rings (SSSR count). The smallest absolute Gasteiger partial charge is 0.404 e. The highest BCUT2D eigenvalue weighted by Gasteiger charge is 2.08. The Morgan fingerprint density at radius 3 is 2.76 bits per heavy atom. The Kier molecular flexibility index (Phi) is 5.11. The summed E-state index contributed by atoms with van der Waals surface area (Å²) >= 11 is -0.937. The number of ether oxygens (including phenoxy) is 1. The molecule has 1 aromatic carbocycles. The molecule has 1 unspecified atom stereocenters. The second kappa shape index (κ2) is 6.36. The first-order valence-electron chi connectivity index (χ1n) is 5.08. The van der Waals surface area contributed by atoms with Gasteiger partial charge in [0, 0.05) is 17.7 Å². The third-order valence-electron chi connectivity index (χ3n) is 2.20. The molecular formula is C11H16N2O3S. The van der Waals surface area contributed by atoms with E-state index in [1.54, 1.807) is 18.4 Å². The van der Waals surface area contributed by atoms with Crippen LogP contribution in [0.2, 0.25) is 0 Å². The number of hydrogen-bond donors (Lipinski definition) is 2. The van der Waals surface area contributed by atoms with Crippen molar-refractivity contribution in [1.82, 2.24) is 0 Å². The van der Waals surface area contributed by atoms with Gasteiger partial charge >= 0.3 is 6.09 Å². The average molecular weight is 256 g/mol. The molecule has 94 valence electrons. The van der Waals surface area contributed by atoms with E-state index in [-0.39, 0.29) is 6.61 Å². The molecule has 6 heteroatoms. The molecular weight excluding hydrogens is 240 g/mol. The van der Waals surface area contributed by atoms with Crippen molar-refractivity contribution in [3.8, 4) is 0 Å². The molecule has 0 saturated carbocycles. The maximum atomic E-state index is 11.2. The first-order chi connectivity index (χ1) is 7.99. The summed E-state index contributed by atoms with van der Waals surface area (Å²) in [6.07, 6.45) is 1.38. The van der Waals surface area contributed by atoms with Crippen LogP contribution in [0.25, 0.3) is 0 Å². The first kappa shape index (κ1) is 13.7. The van der Waals surface area contributed by atoms with Gasteiger partial charge in [0.05, 0.1) is 12.9 Å². The van der Waals surface area contributed by atoms with Crippen molar-refractivity contribution in [1.29, 1.82) is 0 Å². The fourth-order valence-corrected chi connectivity index (χ4v) is 2.21. The fraction of sp³-hybridized carbons (Fsp3) is 0.364. The minimum absolute atomic E-state index is 0.211. The number of benzene rings is 1. The highest BCUT2D eigenvalue weighted by atomic mass is 32.2. The molecule has 0 aliphatic rings. The summed E-state index contributed by atoms with van der Waals surface area (Å²) in [4.78, 5) is 10.4. The number of amides is 1. The zero-order valence-electron chi connectivity index (χ0n) is 9.64. The molecule has 0 heterocycles. The lowest BCUT2D eigenvalue weighted by Crippen LogP contribution is -2.15. The predicted molar refractivity (Wildman–Crippen MR) is 67.9 cm³/mol. The second-order valence-corrected chi connectivity index (χ2v) is 5.10. The zero-order valence-corrected chi connectivity index (χ0v) is 10.5. The van der Waals surface area contributed by atoms with Crippen LogP contribution < -0.4 is 11.5 Å². The van der Waals surface area contributed by atoms with Crippen molar-refractivity contribution in [2.45, 2.75) is 12.2 Å². The van der Waals surface area contributed by atoms with Crippen molar-refractivity contribution in [2.75, 3.05) is 18.6 Å². The summed E-state index contributed by atoms with van der Waals surface area (Å²) in [5, 5.41) is 0. The number of carbonyl (C=O) groups excluding carboxylic acids is 1. The number of rotatable bonds is 5. The molecule has 1 aromatic rings. The molecule has 17 heavy (non-hydrogen) atoms. The summed E-state index contributed by atoms with van der Waals surface area (Å²) in [6, 6.07) is 5.41. The van der Waals surface area contributed by atoms with Crippen LogP contribution >= 0.6 is 0 Å². The minimum atomic E-state index is -0.937. The van der Waals surface area contributed by atoms with Crippen molar-refractivity contribution in [2.24, 2.45) is 5.73 Å². The SMILES string of the molecule is C[S+]([O-])Cc1cc(N)ccc1CCOC(N)=O. The highest BCUT2D eigenvalue weighted by molar-refractivity contribution is 7.89. The van der Waals surface area contributed by atoms with Gasteiger partial charge in [-0.1, -0.05) is 17.2 Å². The van der Waals surface area contributed by atoms with Crippen LogP contribution in [-0.4, -0.2) is 23.5 Å². The maximum absolute atomic E-state index is 11.2. The monoisotopic (exact) mass is 256 g/mol. The van der Waals surface area contributed by atoms with E-state index in [2.05, 4.69) is 4.74 Å². The van der Waals surface area contributed by atoms with Gasteiger partial charge in [0.2, 0.25) is 0 Å². The summed E-state index contributed by atoms with van der Waals surface area (Å²) in [6.45, 7) is 0.211. The summed E-state index contributed by atoms with van der Waals surface area (Å²) in [5.41, 5.74) is 13.1. The third-order valence-corrected chi connectivity index (χ3v) is 2.92. The van der Waals surface area contributed by atoms with Gasteiger partial charge in [-0.25, -0.2) is 4.79 Å². The number of nitrogen functional groups attached to an aromatic ring is 1. The van der Waals surface area contributed by atoms with Gasteiger partial charge in [-0.05, 0) is 17.7 Å². The summed E-state index contributed by atoms with van der Waals surface area (Å²) < 4.78 is 15.9. The molecule has 0 fully saturated rings. The lowest BCUT2D eigenvalue weighted by molar-refractivity contribution is 0.158. The van der Waals surface area contributed by atoms with Crippen molar-refractivity contribution in [3.63, 3.8) is 0 Å². The number of carbonyl (C=O) groups is 1. The Morgan fingerprint density at radius 2 is 2.18 bits per heavy atom. The lowest BCUT2D eigenvalue weighted by atomic mass is 10.1. The molecule has 0 spiro atoms. The molecule has 1 atom stereocenters. The number of primary amides is 1. The van der Waals surface area contributed by atoms with E-state index in [9.17, 15) is 9.35 Å². The van der Waals surface area contributed by atoms with E-state index >= 15 is 0 Å². The molecule has 0 saturated heterocycles. The topological polar surface area (TPSA) is 101 Å². The van der Waals surface area contributed by atoms with Crippen molar-refractivity contribution >= 4 is 23.0 Å². The third kappa shape index (κ3) is 4.97. The van der Waals surface area contributed by atoms with E-state index in [0.717, 1.165) is 11.1 Å². The van der Waals surface area contributed by atoms with Crippen molar-refractivity contribution < 1.29 is 14.1 Å². The van der Waals surface area contributed by atoms with E-state index in [1.165, 1.54) is 0 Å². The number of anilines is 1. The molecule has 1 amide bonds. The van der Waals surface area contributed by atoms with Crippen LogP contribution in [0.3, 0.4) is 0 Å². The van der Waals surface area contributed by atoms with Gasteiger partial charge < -0.3 is 20.8 Å². The van der Waals surface area contributed by atoms with Crippen LogP contribution in [0.4, 0.5) is 10.5 Å². The fourth-order valence-electron chi connectivity index (χ4n) is 1.50. The van der Waals surface area contributed by atoms with E-state index in [4.69, 9.17) is 11.5 Å². The molecule has 0 aromatic heterocycles. The van der Waals surface area contributed by atoms with Gasteiger partial charge in [0.25, 0.3) is 0 Å². The predicted octanol–water partition coefficient (Wildman–Crippen LogP) is 0.785. The Hall–Kier alpha value is -1.40. The average Bonchev–Trinajstić information content (AvgIpc) is 2.20. The van der Waals surface area contributed by atoms with Crippen LogP contribution in [0, 0.1) is 0 Å². The zero-order chi connectivity index (χ0) is 12.8. The van der Waals surface area contributed by atoms with E-state index < -0.39 is 17.3 Å². The molecule has 0 aliphatic heterocycles. The molecule has 4 N–H and O–H groups in total. The van der Waals surface area contributed by atoms with E-state index in [1.807, 2.05) is 6.07 Å². The minimum Gasteiger partial charge on any atom is -0.616 e. The first-order valence-corrected chi connectivity index (χ1v) is 6.81. The molecule has 0 aliphatic carbocycles. The Morgan fingerprint density at radius 1 is 1.47 bits per heavy atom. The maximum Gasteiger partial charge on any atom is 0.404 e. The van der Waals surface area contributed by atoms with Crippen LogP contribution in [0.5, 0.6) is 0 Å². The van der Waals surface area contributed by atoms with E-state index in [0.29, 0.717) is 17.9 Å². The highest BCUT2D eigenvalue weighted by Crippen LogP contribution is 2.17. The largest absolute Gasteiger partial charge is 0.616 e. The Balaban J connectivity index is 2.72. The van der Waals surface area contributed by atoms with Gasteiger partial charge in [-0.15, -0.1) is 0 Å². The van der Waals surface area contributed by atoms with Crippen LogP contribution in [-0.2, 0) is 28.1 Å². The van der Waals surface area contributed by atoms with Gasteiger partial charge in [-0.2, -0.15) is 0 Å². The van der Waals surface area contributed by atoms with Gasteiger partial charge in [-0.3, -0.25) is 0 Å². The Labute approximate surface area is 103 Å². The standard InChI is InChI=1S/C11H16N2O3S/c1-17(15)7-9-6-10(12)3-2-8(9)4-5-16-11(13)14/h2-3,6H,4-5,7,12H2,1H3,(H2,13,14). The number of hydrogen-bond acceptors (Lipinski definition) is 4. The lowest BCUT2D eigenvalue weighted by Gasteiger charge is -2.11. The van der Waals surface area contributed by atoms with Gasteiger partial charge in [0.1, 0.15) is 5.75 Å². The molecule has 0 bridgehead atoms. The van der Waals surface area contributed by atoms with Crippen LogP contribution in [0.1, 0.15) is 11.1 Å². The second-order valence-electron chi connectivity index (χ2n) is 3.66. The normalized spacial score (nSPS) is 12.1. The Bertz CT molecular complexity index is 396.